The van der Waals surface area contributed by atoms with E-state index in [9.17, 15) is 18.4 Å². The second-order valence-corrected chi connectivity index (χ2v) is 7.04. The van der Waals surface area contributed by atoms with E-state index in [2.05, 4.69) is 5.32 Å². The van der Waals surface area contributed by atoms with Gasteiger partial charge in [0.2, 0.25) is 0 Å². The third-order valence-electron chi connectivity index (χ3n) is 4.74. The molecule has 0 saturated heterocycles. The number of para-hydroxylation sites is 1. The normalized spacial score (nSPS) is 13.7. The summed E-state index contributed by atoms with van der Waals surface area (Å²) in [6.07, 6.45) is 0. The Morgan fingerprint density at radius 1 is 0.903 bits per heavy atom. The van der Waals surface area contributed by atoms with Crippen LogP contribution in [-0.2, 0) is 9.59 Å². The summed E-state index contributed by atoms with van der Waals surface area (Å²) in [6.45, 7) is 0. The third kappa shape index (κ3) is 3.75. The summed E-state index contributed by atoms with van der Waals surface area (Å²) < 4.78 is 32.2. The van der Waals surface area contributed by atoms with Gasteiger partial charge in [-0.05, 0) is 42.0 Å². The van der Waals surface area contributed by atoms with Gasteiger partial charge in [0.05, 0.1) is 23.4 Å². The number of carbonyl (C=O) groups excluding carboxylic acids is 2. The molecule has 31 heavy (non-hydrogen) atoms. The van der Waals surface area contributed by atoms with Gasteiger partial charge in [-0.3, -0.25) is 9.59 Å². The van der Waals surface area contributed by atoms with Crippen molar-refractivity contribution in [3.63, 3.8) is 0 Å². The van der Waals surface area contributed by atoms with Gasteiger partial charge in [0, 0.05) is 11.8 Å². The molecule has 0 bridgehead atoms. The van der Waals surface area contributed by atoms with E-state index >= 15 is 0 Å². The van der Waals surface area contributed by atoms with Gasteiger partial charge in [-0.15, -0.1) is 0 Å². The van der Waals surface area contributed by atoms with E-state index < -0.39 is 23.4 Å². The number of nitrogens with one attached hydrogen (secondary N) is 1. The van der Waals surface area contributed by atoms with Crippen molar-refractivity contribution in [3.05, 3.63) is 94.6 Å². The minimum absolute atomic E-state index is 0.0669. The summed E-state index contributed by atoms with van der Waals surface area (Å²) >= 11 is 6.22. The standard InChI is InChI=1S/C23H15ClF2N2O3/c1-31-15-9-6-13(7-10-15)20-21(27-14-8-11-17(25)18(26)12-14)23(30)28(22(20)29)19-5-3-2-4-16(19)24/h2-12,27H,1H3. The molecule has 0 fully saturated rings. The Kier molecular flexibility index (Phi) is 5.44. The molecule has 0 unspecified atom stereocenters. The van der Waals surface area contributed by atoms with Crippen molar-refractivity contribution in [3.8, 4) is 5.75 Å². The number of rotatable bonds is 5. The summed E-state index contributed by atoms with van der Waals surface area (Å²) in [6, 6.07) is 16.1. The van der Waals surface area contributed by atoms with E-state index in [4.69, 9.17) is 16.3 Å². The SMILES string of the molecule is COc1ccc(C2=C(Nc3ccc(F)c(F)c3)C(=O)N(c3ccccc3Cl)C2=O)cc1. The number of methoxy groups -OCH3 is 1. The Bertz CT molecular complexity index is 1230. The number of ether oxygens (including phenoxy) is 1. The molecule has 0 aromatic heterocycles. The first-order valence-electron chi connectivity index (χ1n) is 9.15. The van der Waals surface area contributed by atoms with Crippen molar-refractivity contribution in [2.45, 2.75) is 0 Å². The summed E-state index contributed by atoms with van der Waals surface area (Å²) in [7, 11) is 1.51. The number of carbonyl (C=O) groups is 2. The van der Waals surface area contributed by atoms with Crippen LogP contribution in [0.2, 0.25) is 5.02 Å². The van der Waals surface area contributed by atoms with E-state index in [0.29, 0.717) is 11.3 Å². The van der Waals surface area contributed by atoms with E-state index in [-0.39, 0.29) is 27.7 Å². The van der Waals surface area contributed by atoms with Crippen LogP contribution in [0.25, 0.3) is 5.57 Å². The minimum atomic E-state index is -1.09. The van der Waals surface area contributed by atoms with Gasteiger partial charge in [-0.25, -0.2) is 13.7 Å². The molecule has 1 heterocycles. The Morgan fingerprint density at radius 2 is 1.61 bits per heavy atom. The zero-order chi connectivity index (χ0) is 22.1. The van der Waals surface area contributed by atoms with Crippen molar-refractivity contribution in [1.82, 2.24) is 0 Å². The monoisotopic (exact) mass is 440 g/mol. The number of anilines is 2. The fourth-order valence-corrected chi connectivity index (χ4v) is 3.46. The third-order valence-corrected chi connectivity index (χ3v) is 5.06. The molecule has 1 aliphatic rings. The number of benzene rings is 3. The summed E-state index contributed by atoms with van der Waals surface area (Å²) in [5.74, 6) is -2.82. The average Bonchev–Trinajstić information content (AvgIpc) is 3.01. The molecule has 0 aliphatic carbocycles. The second-order valence-electron chi connectivity index (χ2n) is 6.63. The molecule has 4 rings (SSSR count). The van der Waals surface area contributed by atoms with Gasteiger partial charge < -0.3 is 10.1 Å². The first kappa shape index (κ1) is 20.6. The van der Waals surface area contributed by atoms with Crippen molar-refractivity contribution in [2.75, 3.05) is 17.3 Å². The quantitative estimate of drug-likeness (QED) is 0.566. The molecule has 156 valence electrons. The van der Waals surface area contributed by atoms with Crippen LogP contribution >= 0.6 is 11.6 Å². The Labute approximate surface area is 181 Å². The van der Waals surface area contributed by atoms with Crippen molar-refractivity contribution in [1.29, 1.82) is 0 Å². The molecule has 3 aromatic rings. The molecular weight excluding hydrogens is 426 g/mol. The van der Waals surface area contributed by atoms with Crippen LogP contribution in [0, 0.1) is 11.6 Å². The molecule has 3 aromatic carbocycles. The number of nitrogens with zero attached hydrogens (tertiary/aromatic N) is 1. The van der Waals surface area contributed by atoms with Crippen LogP contribution in [-0.4, -0.2) is 18.9 Å². The minimum Gasteiger partial charge on any atom is -0.497 e. The Balaban J connectivity index is 1.83. The topological polar surface area (TPSA) is 58.6 Å². The van der Waals surface area contributed by atoms with Crippen LogP contribution in [0.3, 0.4) is 0 Å². The van der Waals surface area contributed by atoms with E-state index in [0.717, 1.165) is 17.0 Å². The fourth-order valence-electron chi connectivity index (χ4n) is 3.24. The van der Waals surface area contributed by atoms with Crippen LogP contribution in [0.1, 0.15) is 5.56 Å². The average molecular weight is 441 g/mol. The van der Waals surface area contributed by atoms with Gasteiger partial charge >= 0.3 is 0 Å². The zero-order valence-corrected chi connectivity index (χ0v) is 16.9. The van der Waals surface area contributed by atoms with Crippen molar-refractivity contribution in [2.24, 2.45) is 0 Å². The van der Waals surface area contributed by atoms with E-state index in [1.54, 1.807) is 48.5 Å². The first-order valence-corrected chi connectivity index (χ1v) is 9.52. The van der Waals surface area contributed by atoms with Gasteiger partial charge in [0.1, 0.15) is 11.4 Å². The van der Waals surface area contributed by atoms with E-state index in [1.807, 2.05) is 0 Å². The van der Waals surface area contributed by atoms with Crippen molar-refractivity contribution < 1.29 is 23.1 Å². The van der Waals surface area contributed by atoms with Crippen LogP contribution in [0.15, 0.2) is 72.4 Å². The lowest BCUT2D eigenvalue weighted by molar-refractivity contribution is -0.120. The lowest BCUT2D eigenvalue weighted by Crippen LogP contribution is -2.32. The largest absolute Gasteiger partial charge is 0.497 e. The molecule has 0 atom stereocenters. The van der Waals surface area contributed by atoms with E-state index in [1.165, 1.54) is 13.2 Å². The maximum absolute atomic E-state index is 13.7. The van der Waals surface area contributed by atoms with Crippen LogP contribution in [0.4, 0.5) is 20.2 Å². The maximum Gasteiger partial charge on any atom is 0.282 e. The summed E-state index contributed by atoms with van der Waals surface area (Å²) in [4.78, 5) is 27.5. The summed E-state index contributed by atoms with van der Waals surface area (Å²) in [5.41, 5.74) is 0.756. The number of hydrogen-bond acceptors (Lipinski definition) is 4. The fraction of sp³-hybridized carbons (Fsp3) is 0.0435. The summed E-state index contributed by atoms with van der Waals surface area (Å²) in [5, 5.41) is 2.99. The predicted octanol–water partition coefficient (Wildman–Crippen LogP) is 5.02. The molecule has 0 saturated carbocycles. The molecule has 5 nitrogen and oxygen atoms in total. The van der Waals surface area contributed by atoms with Gasteiger partial charge in [0.25, 0.3) is 11.8 Å². The first-order chi connectivity index (χ1) is 14.9. The number of amides is 2. The smallest absolute Gasteiger partial charge is 0.282 e. The highest BCUT2D eigenvalue weighted by molar-refractivity contribution is 6.48. The Morgan fingerprint density at radius 3 is 2.26 bits per heavy atom. The lowest BCUT2D eigenvalue weighted by Gasteiger charge is -2.16. The molecular formula is C23H15ClF2N2O3. The van der Waals surface area contributed by atoms with Crippen LogP contribution in [0.5, 0.6) is 5.75 Å². The maximum atomic E-state index is 13.7. The number of hydrogen-bond donors (Lipinski definition) is 1. The number of imide groups is 1. The molecule has 1 N–H and O–H groups in total. The Hall–Kier alpha value is -3.71. The molecule has 0 radical (unpaired) electrons. The molecule has 8 heteroatoms. The molecule has 2 amide bonds. The molecule has 1 aliphatic heterocycles. The predicted molar refractivity (Wildman–Crippen MR) is 114 cm³/mol. The lowest BCUT2D eigenvalue weighted by atomic mass is 10.0. The number of halogens is 3. The van der Waals surface area contributed by atoms with Gasteiger partial charge in [-0.1, -0.05) is 35.9 Å². The van der Waals surface area contributed by atoms with Crippen molar-refractivity contribution >= 4 is 40.4 Å². The zero-order valence-electron chi connectivity index (χ0n) is 16.2. The second kappa shape index (κ2) is 8.20. The van der Waals surface area contributed by atoms with Crippen LogP contribution < -0.4 is 15.0 Å². The van der Waals surface area contributed by atoms with Gasteiger partial charge in [-0.2, -0.15) is 0 Å². The highest BCUT2D eigenvalue weighted by Crippen LogP contribution is 2.37. The molecule has 0 spiro atoms. The highest BCUT2D eigenvalue weighted by Gasteiger charge is 2.41. The van der Waals surface area contributed by atoms with Gasteiger partial charge in [0.15, 0.2) is 11.6 Å². The highest BCUT2D eigenvalue weighted by atomic mass is 35.5.